The first kappa shape index (κ1) is 33.7. The van der Waals surface area contributed by atoms with Crippen molar-refractivity contribution in [2.75, 3.05) is 34.2 Å². The van der Waals surface area contributed by atoms with Crippen molar-refractivity contribution in [2.45, 2.75) is 62.0 Å². The van der Waals surface area contributed by atoms with Gasteiger partial charge in [-0.25, -0.2) is 4.57 Å². The topological polar surface area (TPSA) is 233 Å². The molecule has 1 aliphatic carbocycles. The van der Waals surface area contributed by atoms with Gasteiger partial charge in [0.05, 0.1) is 33.5 Å². The van der Waals surface area contributed by atoms with Gasteiger partial charge in [0.1, 0.15) is 24.4 Å². The first-order valence-electron chi connectivity index (χ1n) is 14.6. The molecule has 2 fully saturated rings. The van der Waals surface area contributed by atoms with Crippen LogP contribution in [0.3, 0.4) is 0 Å². The molecule has 6 rings (SSSR count). The van der Waals surface area contributed by atoms with Crippen LogP contribution < -0.4 is 29.2 Å². The van der Waals surface area contributed by atoms with E-state index in [1.54, 1.807) is 19.1 Å². The van der Waals surface area contributed by atoms with Gasteiger partial charge >= 0.3 is 7.82 Å². The van der Waals surface area contributed by atoms with E-state index in [2.05, 4.69) is 0 Å². The average molecular weight is 686 g/mol. The highest BCUT2D eigenvalue weighted by atomic mass is 31.2. The first-order valence-corrected chi connectivity index (χ1v) is 16.2. The van der Waals surface area contributed by atoms with Gasteiger partial charge in [-0.05, 0) is 47.9 Å². The minimum atomic E-state index is -5.01. The van der Waals surface area contributed by atoms with Crippen LogP contribution in [-0.4, -0.2) is 104 Å². The molecule has 18 heteroatoms. The number of nitrogens with two attached hydrogens (primary N) is 1. The van der Waals surface area contributed by atoms with E-state index in [-0.39, 0.29) is 43.7 Å². The molecule has 0 amide bonds. The van der Waals surface area contributed by atoms with Crippen LogP contribution >= 0.6 is 7.82 Å². The van der Waals surface area contributed by atoms with Crippen molar-refractivity contribution >= 4 is 14.3 Å². The molecule has 4 aliphatic rings. The van der Waals surface area contributed by atoms with Gasteiger partial charge < -0.3 is 63.1 Å². The number of hydrogen-bond acceptors (Lipinski definition) is 15. The average Bonchev–Trinajstić information content (AvgIpc) is 3.50. The maximum Gasteiger partial charge on any atom is 0.525 e. The monoisotopic (exact) mass is 685 g/mol. The zero-order valence-corrected chi connectivity index (χ0v) is 26.4. The van der Waals surface area contributed by atoms with E-state index in [1.165, 1.54) is 26.4 Å². The highest BCUT2D eigenvalue weighted by molar-refractivity contribution is 7.46. The van der Waals surface area contributed by atoms with Gasteiger partial charge in [0.2, 0.25) is 12.5 Å². The van der Waals surface area contributed by atoms with Crippen molar-refractivity contribution in [3.05, 3.63) is 41.0 Å². The second-order valence-electron chi connectivity index (χ2n) is 11.4. The van der Waals surface area contributed by atoms with E-state index in [0.29, 0.717) is 28.2 Å². The maximum atomic E-state index is 11.7. The number of carbonyl (C=O) groups is 1. The van der Waals surface area contributed by atoms with Crippen LogP contribution in [0.5, 0.6) is 28.7 Å². The lowest BCUT2D eigenvalue weighted by Gasteiger charge is -2.48. The summed E-state index contributed by atoms with van der Waals surface area (Å²) < 4.78 is 67.7. The van der Waals surface area contributed by atoms with Crippen LogP contribution in [0, 0.1) is 5.92 Å². The second kappa shape index (κ2) is 13.4. The smallest absolute Gasteiger partial charge is 0.493 e. The van der Waals surface area contributed by atoms with Gasteiger partial charge in [-0.3, -0.25) is 14.6 Å². The van der Waals surface area contributed by atoms with Crippen molar-refractivity contribution in [1.82, 2.24) is 0 Å². The normalized spacial score (nSPS) is 32.9. The highest BCUT2D eigenvalue weighted by Crippen LogP contribution is 2.54. The summed E-state index contributed by atoms with van der Waals surface area (Å²) in [4.78, 5) is 30.4. The van der Waals surface area contributed by atoms with Crippen molar-refractivity contribution in [3.8, 4) is 28.7 Å². The summed E-state index contributed by atoms with van der Waals surface area (Å²) in [6.07, 6.45) is -7.48. The molecule has 258 valence electrons. The Bertz CT molecular complexity index is 1490. The maximum absolute atomic E-state index is 11.7. The molecule has 3 heterocycles. The van der Waals surface area contributed by atoms with E-state index in [4.69, 9.17) is 52.9 Å². The van der Waals surface area contributed by atoms with Crippen molar-refractivity contribution in [3.63, 3.8) is 0 Å². The Morgan fingerprint density at radius 3 is 2.28 bits per heavy atom. The van der Waals surface area contributed by atoms with Gasteiger partial charge in [-0.1, -0.05) is 0 Å². The molecule has 0 spiro atoms. The van der Waals surface area contributed by atoms with Crippen LogP contribution in [0.1, 0.15) is 35.6 Å². The third-order valence-corrected chi connectivity index (χ3v) is 9.08. The Morgan fingerprint density at radius 2 is 1.66 bits per heavy atom. The van der Waals surface area contributed by atoms with Crippen LogP contribution in [-0.2, 0) is 33.0 Å². The molecule has 6 N–H and O–H groups in total. The summed E-state index contributed by atoms with van der Waals surface area (Å²) in [5, 5.41) is 22.0. The molecule has 2 saturated heterocycles. The predicted molar refractivity (Wildman–Crippen MR) is 155 cm³/mol. The molecule has 0 aromatic heterocycles. The molecule has 0 radical (unpaired) electrons. The summed E-state index contributed by atoms with van der Waals surface area (Å²) in [7, 11) is -2.42. The van der Waals surface area contributed by atoms with Gasteiger partial charge in [0.25, 0.3) is 6.47 Å². The Morgan fingerprint density at radius 1 is 1.00 bits per heavy atom. The van der Waals surface area contributed by atoms with E-state index in [9.17, 15) is 29.4 Å². The number of fused-ring (bicyclic) bond motifs is 3. The minimum absolute atomic E-state index is 0.0493. The minimum Gasteiger partial charge on any atom is -0.493 e. The number of ether oxygens (including phenoxy) is 9. The largest absolute Gasteiger partial charge is 0.525 e. The number of phosphoric ester groups is 1. The number of carbonyl (C=O) groups excluding carboxylic acids is 1. The number of benzene rings is 2. The van der Waals surface area contributed by atoms with Crippen molar-refractivity contribution < 1.29 is 76.5 Å². The fourth-order valence-corrected chi connectivity index (χ4v) is 6.96. The quantitative estimate of drug-likeness (QED) is 0.168. The molecule has 10 atom stereocenters. The molecule has 10 unspecified atom stereocenters. The standard InChI is InChI=1S/C29H36NO16P/c1-12-40-9-21-28(43-12)24(32)25(33)29(44-21)45-26-15-7-18-17(41-11-42-18)6-14(15)22(23(30)16(26)8-39-10-31)13-4-19(37-2)27(20(5-13)38-3)46-47(34,35)36/h4-7,10,12,16,21-26,28-29,32-33H,8-9,11,30H2,1-3H3,(H2,34,35,36). The highest BCUT2D eigenvalue weighted by Gasteiger charge is 2.52. The van der Waals surface area contributed by atoms with Gasteiger partial charge in [-0.15, -0.1) is 0 Å². The summed E-state index contributed by atoms with van der Waals surface area (Å²) >= 11 is 0. The Balaban J connectivity index is 1.44. The first-order chi connectivity index (χ1) is 22.4. The summed E-state index contributed by atoms with van der Waals surface area (Å²) in [6, 6.07) is 5.54. The summed E-state index contributed by atoms with van der Waals surface area (Å²) in [6.45, 7) is 1.74. The zero-order valence-electron chi connectivity index (χ0n) is 25.5. The van der Waals surface area contributed by atoms with Crippen molar-refractivity contribution in [2.24, 2.45) is 11.7 Å². The third kappa shape index (κ3) is 6.48. The number of methoxy groups -OCH3 is 2. The van der Waals surface area contributed by atoms with Crippen molar-refractivity contribution in [1.29, 1.82) is 0 Å². The van der Waals surface area contributed by atoms with Crippen LogP contribution in [0.25, 0.3) is 0 Å². The van der Waals surface area contributed by atoms with E-state index < -0.39 is 68.8 Å². The van der Waals surface area contributed by atoms with E-state index >= 15 is 0 Å². The molecular weight excluding hydrogens is 649 g/mol. The molecular formula is C29H36NO16P. The summed E-state index contributed by atoms with van der Waals surface area (Å²) in [5.41, 5.74) is 8.57. The molecule has 0 bridgehead atoms. The predicted octanol–water partition coefficient (Wildman–Crippen LogP) is 0.432. The van der Waals surface area contributed by atoms with Crippen LogP contribution in [0.15, 0.2) is 24.3 Å². The number of phosphoric acid groups is 1. The lowest BCUT2D eigenvalue weighted by Crippen LogP contribution is -2.63. The molecule has 0 saturated carbocycles. The molecule has 2 aromatic carbocycles. The lowest BCUT2D eigenvalue weighted by molar-refractivity contribution is -0.364. The molecule has 3 aliphatic heterocycles. The lowest BCUT2D eigenvalue weighted by atomic mass is 9.69. The van der Waals surface area contributed by atoms with Crippen LogP contribution in [0.4, 0.5) is 0 Å². The van der Waals surface area contributed by atoms with Gasteiger partial charge in [-0.2, -0.15) is 0 Å². The number of aliphatic hydroxyl groups is 2. The van der Waals surface area contributed by atoms with Crippen LogP contribution in [0.2, 0.25) is 0 Å². The molecule has 17 nitrogen and oxygen atoms in total. The number of aliphatic hydroxyl groups excluding tert-OH is 2. The molecule has 47 heavy (non-hydrogen) atoms. The van der Waals surface area contributed by atoms with E-state index in [0.717, 1.165) is 0 Å². The Labute approximate surface area is 268 Å². The third-order valence-electron chi connectivity index (χ3n) is 8.66. The van der Waals surface area contributed by atoms with Gasteiger partial charge in [0.15, 0.2) is 35.6 Å². The number of rotatable bonds is 10. The summed E-state index contributed by atoms with van der Waals surface area (Å²) in [5.74, 6) is -1.11. The fraction of sp³-hybridized carbons (Fsp3) is 0.552. The van der Waals surface area contributed by atoms with E-state index in [1.807, 2.05) is 0 Å². The Hall–Kier alpha value is -3.22. The zero-order chi connectivity index (χ0) is 33.6. The number of hydrogen-bond donors (Lipinski definition) is 5. The Kier molecular flexibility index (Phi) is 9.57. The SMILES string of the molecule is COc1cc(C2c3cc4c(cc3C(OC3OC5COC(C)OC5C(O)C3O)C(COC=O)C2N)OCO4)cc(OC)c1OP(=O)(O)O. The van der Waals surface area contributed by atoms with Gasteiger partial charge in [0, 0.05) is 17.9 Å². The fourth-order valence-electron chi connectivity index (χ4n) is 6.55. The molecule has 2 aromatic rings. The second-order valence-corrected chi connectivity index (χ2v) is 12.6.